The Morgan fingerprint density at radius 2 is 2.25 bits per heavy atom. The van der Waals surface area contributed by atoms with Gasteiger partial charge in [0.05, 0.1) is 0 Å². The van der Waals surface area contributed by atoms with Crippen LogP contribution in [0.15, 0.2) is 24.3 Å². The summed E-state index contributed by atoms with van der Waals surface area (Å²) in [5, 5.41) is 2.71. The Morgan fingerprint density at radius 1 is 1.50 bits per heavy atom. The molecule has 88 valence electrons. The third-order valence-corrected chi connectivity index (χ3v) is 3.35. The van der Waals surface area contributed by atoms with E-state index < -0.39 is 10.8 Å². The summed E-state index contributed by atoms with van der Waals surface area (Å²) in [5.41, 5.74) is 6.86. The van der Waals surface area contributed by atoms with Crippen molar-refractivity contribution in [2.45, 2.75) is 13.3 Å². The predicted octanol–water partition coefficient (Wildman–Crippen LogP) is 1.37. The second-order valence-electron chi connectivity index (χ2n) is 3.36. The van der Waals surface area contributed by atoms with E-state index in [1.165, 1.54) is 0 Å². The normalized spacial score (nSPS) is 12.1. The lowest BCUT2D eigenvalue weighted by atomic mass is 10.3. The third-order valence-electron chi connectivity index (χ3n) is 2.05. The molecule has 1 aromatic carbocycles. The second kappa shape index (κ2) is 6.27. The SMILES string of the molecule is CCS(=O)CCC(=O)Nc1cccc(N)c1. The fraction of sp³-hybridized carbons (Fsp3) is 0.364. The van der Waals surface area contributed by atoms with Crippen LogP contribution in [0.5, 0.6) is 0 Å². The largest absolute Gasteiger partial charge is 0.399 e. The van der Waals surface area contributed by atoms with E-state index in [9.17, 15) is 9.00 Å². The molecule has 5 heteroatoms. The highest BCUT2D eigenvalue weighted by atomic mass is 32.2. The molecule has 4 nitrogen and oxygen atoms in total. The van der Waals surface area contributed by atoms with Crippen LogP contribution in [-0.2, 0) is 15.6 Å². The van der Waals surface area contributed by atoms with Crippen LogP contribution in [0.2, 0.25) is 0 Å². The summed E-state index contributed by atoms with van der Waals surface area (Å²) in [4.78, 5) is 11.5. The molecule has 16 heavy (non-hydrogen) atoms. The van der Waals surface area contributed by atoms with Crippen LogP contribution >= 0.6 is 0 Å². The summed E-state index contributed by atoms with van der Waals surface area (Å²) in [6.45, 7) is 1.84. The van der Waals surface area contributed by atoms with Crippen molar-refractivity contribution in [2.24, 2.45) is 0 Å². The smallest absolute Gasteiger partial charge is 0.225 e. The van der Waals surface area contributed by atoms with Crippen molar-refractivity contribution >= 4 is 28.1 Å². The van der Waals surface area contributed by atoms with Gasteiger partial charge in [-0.25, -0.2) is 0 Å². The van der Waals surface area contributed by atoms with E-state index in [0.717, 1.165) is 0 Å². The molecule has 1 amide bonds. The monoisotopic (exact) mass is 240 g/mol. The topological polar surface area (TPSA) is 72.2 Å². The zero-order chi connectivity index (χ0) is 12.0. The number of carbonyl (C=O) groups is 1. The average Bonchev–Trinajstić information content (AvgIpc) is 2.26. The summed E-state index contributed by atoms with van der Waals surface area (Å²) in [6, 6.07) is 6.98. The highest BCUT2D eigenvalue weighted by Gasteiger charge is 2.04. The summed E-state index contributed by atoms with van der Waals surface area (Å²) in [6.07, 6.45) is 0.273. The number of carbonyl (C=O) groups excluding carboxylic acids is 1. The minimum absolute atomic E-state index is 0.132. The molecule has 1 unspecified atom stereocenters. The van der Waals surface area contributed by atoms with E-state index in [2.05, 4.69) is 5.32 Å². The Morgan fingerprint density at radius 3 is 2.88 bits per heavy atom. The van der Waals surface area contributed by atoms with Gasteiger partial charge in [-0.3, -0.25) is 9.00 Å². The first kappa shape index (κ1) is 12.7. The van der Waals surface area contributed by atoms with Crippen LogP contribution < -0.4 is 11.1 Å². The van der Waals surface area contributed by atoms with E-state index in [-0.39, 0.29) is 12.3 Å². The molecule has 1 aromatic rings. The Bertz CT molecular complexity index is 393. The number of hydrogen-bond acceptors (Lipinski definition) is 3. The molecular weight excluding hydrogens is 224 g/mol. The number of nitrogens with one attached hydrogen (secondary N) is 1. The lowest BCUT2D eigenvalue weighted by molar-refractivity contribution is -0.115. The van der Waals surface area contributed by atoms with E-state index >= 15 is 0 Å². The molecule has 1 rings (SSSR count). The molecule has 0 bridgehead atoms. The molecule has 0 saturated carbocycles. The minimum atomic E-state index is -0.895. The second-order valence-corrected chi connectivity index (χ2v) is 5.22. The van der Waals surface area contributed by atoms with Crippen LogP contribution in [0, 0.1) is 0 Å². The number of nitrogen functional groups attached to an aromatic ring is 1. The van der Waals surface area contributed by atoms with Crippen LogP contribution in [0.4, 0.5) is 11.4 Å². The molecular formula is C11H16N2O2S. The first-order chi connectivity index (χ1) is 7.61. The maximum absolute atomic E-state index is 11.5. The fourth-order valence-electron chi connectivity index (χ4n) is 1.19. The minimum Gasteiger partial charge on any atom is -0.399 e. The first-order valence-corrected chi connectivity index (χ1v) is 6.61. The molecule has 0 aromatic heterocycles. The molecule has 0 fully saturated rings. The molecule has 0 aliphatic carbocycles. The number of nitrogens with two attached hydrogens (primary N) is 1. The van der Waals surface area contributed by atoms with Gasteiger partial charge < -0.3 is 11.1 Å². The third kappa shape index (κ3) is 4.44. The Hall–Kier alpha value is -1.36. The van der Waals surface area contributed by atoms with Gasteiger partial charge in [-0.15, -0.1) is 0 Å². The van der Waals surface area contributed by atoms with Gasteiger partial charge in [0.1, 0.15) is 0 Å². The van der Waals surface area contributed by atoms with Gasteiger partial charge in [-0.1, -0.05) is 13.0 Å². The van der Waals surface area contributed by atoms with Gasteiger partial charge >= 0.3 is 0 Å². The standard InChI is InChI=1S/C11H16N2O2S/c1-2-16(15)7-6-11(14)13-10-5-3-4-9(12)8-10/h3-5,8H,2,6-7,12H2,1H3,(H,13,14). The maximum atomic E-state index is 11.5. The number of hydrogen-bond donors (Lipinski definition) is 2. The quantitative estimate of drug-likeness (QED) is 0.763. The van der Waals surface area contributed by atoms with Crippen LogP contribution in [0.1, 0.15) is 13.3 Å². The Balaban J connectivity index is 2.43. The molecule has 0 aliphatic heterocycles. The predicted molar refractivity (Wildman–Crippen MR) is 67.7 cm³/mol. The lowest BCUT2D eigenvalue weighted by Crippen LogP contribution is -2.15. The van der Waals surface area contributed by atoms with Crippen LogP contribution in [0.3, 0.4) is 0 Å². The van der Waals surface area contributed by atoms with E-state index in [4.69, 9.17) is 5.73 Å². The summed E-state index contributed by atoms with van der Waals surface area (Å²) < 4.78 is 11.1. The average molecular weight is 240 g/mol. The van der Waals surface area contributed by atoms with Gasteiger partial charge in [-0.2, -0.15) is 0 Å². The number of anilines is 2. The molecule has 1 atom stereocenters. The van der Waals surface area contributed by atoms with E-state index in [1.54, 1.807) is 24.3 Å². The maximum Gasteiger partial charge on any atom is 0.225 e. The zero-order valence-electron chi connectivity index (χ0n) is 9.23. The van der Waals surface area contributed by atoms with Gasteiger partial charge in [0.2, 0.25) is 5.91 Å². The van der Waals surface area contributed by atoms with Crippen molar-refractivity contribution in [3.63, 3.8) is 0 Å². The molecule has 0 saturated heterocycles. The summed E-state index contributed by atoms with van der Waals surface area (Å²) in [5.74, 6) is 0.864. The van der Waals surface area contributed by atoms with Crippen molar-refractivity contribution in [3.8, 4) is 0 Å². The highest BCUT2D eigenvalue weighted by molar-refractivity contribution is 7.84. The molecule has 0 heterocycles. The van der Waals surface area contributed by atoms with E-state index in [0.29, 0.717) is 22.9 Å². The fourth-order valence-corrected chi connectivity index (χ4v) is 1.89. The van der Waals surface area contributed by atoms with Crippen LogP contribution in [-0.4, -0.2) is 21.6 Å². The molecule has 3 N–H and O–H groups in total. The zero-order valence-corrected chi connectivity index (χ0v) is 10.0. The molecule has 0 radical (unpaired) electrons. The van der Waals surface area contributed by atoms with Gasteiger partial charge in [-0.05, 0) is 18.2 Å². The van der Waals surface area contributed by atoms with Crippen molar-refractivity contribution in [3.05, 3.63) is 24.3 Å². The van der Waals surface area contributed by atoms with Gasteiger partial charge in [0.15, 0.2) is 0 Å². The van der Waals surface area contributed by atoms with Crippen molar-refractivity contribution in [2.75, 3.05) is 22.6 Å². The number of rotatable bonds is 5. The Labute approximate surface area is 97.7 Å². The van der Waals surface area contributed by atoms with Gasteiger partial charge in [0.25, 0.3) is 0 Å². The summed E-state index contributed by atoms with van der Waals surface area (Å²) in [7, 11) is -0.895. The molecule has 0 aliphatic rings. The van der Waals surface area contributed by atoms with Crippen molar-refractivity contribution in [1.82, 2.24) is 0 Å². The van der Waals surface area contributed by atoms with E-state index in [1.807, 2.05) is 6.92 Å². The van der Waals surface area contributed by atoms with Gasteiger partial charge in [0, 0.05) is 40.1 Å². The first-order valence-electron chi connectivity index (χ1n) is 5.12. The number of amides is 1. The van der Waals surface area contributed by atoms with Crippen LogP contribution in [0.25, 0.3) is 0 Å². The Kier molecular flexibility index (Phi) is 4.98. The van der Waals surface area contributed by atoms with Crippen molar-refractivity contribution in [1.29, 1.82) is 0 Å². The highest BCUT2D eigenvalue weighted by Crippen LogP contribution is 2.11. The number of benzene rings is 1. The lowest BCUT2D eigenvalue weighted by Gasteiger charge is -2.05. The summed E-state index contributed by atoms with van der Waals surface area (Å²) >= 11 is 0. The molecule has 0 spiro atoms. The van der Waals surface area contributed by atoms with Crippen molar-refractivity contribution < 1.29 is 9.00 Å².